The van der Waals surface area contributed by atoms with Crippen molar-refractivity contribution in [2.45, 2.75) is 25.2 Å². The first kappa shape index (κ1) is 15.2. The molecule has 2 fully saturated rings. The quantitative estimate of drug-likeness (QED) is 0.918. The van der Waals surface area contributed by atoms with E-state index in [0.717, 1.165) is 35.7 Å². The lowest BCUT2D eigenvalue weighted by Crippen LogP contribution is -2.39. The van der Waals surface area contributed by atoms with Crippen LogP contribution in [0.5, 0.6) is 11.5 Å². The van der Waals surface area contributed by atoms with E-state index in [1.54, 1.807) is 0 Å². The van der Waals surface area contributed by atoms with Gasteiger partial charge in [0.05, 0.1) is 5.92 Å². The Bertz CT molecular complexity index is 754. The van der Waals surface area contributed by atoms with E-state index >= 15 is 0 Å². The average molecular weight is 333 g/mol. The van der Waals surface area contributed by atoms with Gasteiger partial charge in [-0.2, -0.15) is 0 Å². The topological polar surface area (TPSA) is 38.3 Å². The molecule has 25 heavy (non-hydrogen) atoms. The van der Waals surface area contributed by atoms with Gasteiger partial charge in [0.25, 0.3) is 0 Å². The van der Waals surface area contributed by atoms with Crippen LogP contribution in [-0.2, 0) is 4.79 Å². The molecule has 2 unspecified atom stereocenters. The van der Waals surface area contributed by atoms with Crippen molar-refractivity contribution in [2.24, 2.45) is 17.8 Å². The van der Waals surface area contributed by atoms with Crippen molar-refractivity contribution in [3.63, 3.8) is 0 Å². The molecule has 2 aromatic carbocycles. The summed E-state index contributed by atoms with van der Waals surface area (Å²) in [5.74, 6) is 3.72. The molecule has 0 radical (unpaired) electrons. The number of Topliss-reactive ketones (excluding diaryl/α,β-unsaturated/α-hetero) is 1. The largest absolute Gasteiger partial charge is 0.457 e. The van der Waals surface area contributed by atoms with Crippen molar-refractivity contribution < 1.29 is 9.53 Å². The van der Waals surface area contributed by atoms with Crippen LogP contribution in [-0.4, -0.2) is 18.9 Å². The minimum atomic E-state index is -0.185. The van der Waals surface area contributed by atoms with Crippen molar-refractivity contribution in [3.8, 4) is 11.5 Å². The number of carbonyl (C=O) groups excluding carboxylic acids is 1. The minimum absolute atomic E-state index is 0.185. The summed E-state index contributed by atoms with van der Waals surface area (Å²) < 4.78 is 6.04. The Morgan fingerprint density at radius 3 is 2.08 bits per heavy atom. The monoisotopic (exact) mass is 333 g/mol. The Labute approximate surface area is 148 Å². The fraction of sp³-hybridized carbons (Fsp3) is 0.409. The third kappa shape index (κ3) is 2.49. The number of ether oxygens (including phenoxy) is 1. The standard InChI is InChI=1S/C22H23NO2/c24-19(11-18-14-9-10-15(18)13-23-12-14)22-16-5-1-3-7-20(16)25-21-8-4-2-6-17(21)22/h1-8,14-15,18,22-23H,9-13H2. The molecular formula is C22H23NO2. The van der Waals surface area contributed by atoms with Gasteiger partial charge in [-0.15, -0.1) is 0 Å². The summed E-state index contributed by atoms with van der Waals surface area (Å²) in [5.41, 5.74) is 2.04. The van der Waals surface area contributed by atoms with E-state index in [4.69, 9.17) is 4.74 Å². The van der Waals surface area contributed by atoms with Crippen molar-refractivity contribution in [2.75, 3.05) is 13.1 Å². The van der Waals surface area contributed by atoms with Gasteiger partial charge in [-0.25, -0.2) is 0 Å². The zero-order valence-electron chi connectivity index (χ0n) is 14.3. The van der Waals surface area contributed by atoms with E-state index in [1.165, 1.54) is 12.8 Å². The SMILES string of the molecule is O=C(CC1C2CCC1CNC2)C1c2ccccc2Oc2ccccc21. The number of carbonyl (C=O) groups is 1. The van der Waals surface area contributed by atoms with Gasteiger partial charge in [0.2, 0.25) is 0 Å². The third-order valence-electron chi connectivity index (χ3n) is 6.37. The molecule has 2 aliphatic heterocycles. The lowest BCUT2D eigenvalue weighted by molar-refractivity contribution is -0.121. The van der Waals surface area contributed by atoms with Crippen LogP contribution < -0.4 is 10.1 Å². The maximum atomic E-state index is 13.4. The van der Waals surface area contributed by atoms with E-state index in [1.807, 2.05) is 48.5 Å². The molecule has 3 aliphatic rings. The number of hydrogen-bond donors (Lipinski definition) is 1. The second kappa shape index (κ2) is 5.99. The molecule has 2 bridgehead atoms. The van der Waals surface area contributed by atoms with Crippen LogP contribution in [0.1, 0.15) is 36.3 Å². The highest BCUT2D eigenvalue weighted by Crippen LogP contribution is 2.47. The van der Waals surface area contributed by atoms with Crippen LogP contribution in [0, 0.1) is 17.8 Å². The number of rotatable bonds is 3. The zero-order chi connectivity index (χ0) is 16.8. The Hall–Kier alpha value is -2.13. The molecule has 2 aromatic rings. The van der Waals surface area contributed by atoms with E-state index in [2.05, 4.69) is 5.32 Å². The van der Waals surface area contributed by atoms with Crippen LogP contribution >= 0.6 is 0 Å². The van der Waals surface area contributed by atoms with Crippen molar-refractivity contribution in [3.05, 3.63) is 59.7 Å². The normalized spacial score (nSPS) is 27.3. The summed E-state index contributed by atoms with van der Waals surface area (Å²) in [5, 5.41) is 3.53. The average Bonchev–Trinajstić information content (AvgIpc) is 2.86. The van der Waals surface area contributed by atoms with Gasteiger partial charge in [-0.3, -0.25) is 4.79 Å². The zero-order valence-corrected chi connectivity index (χ0v) is 14.3. The molecule has 3 nitrogen and oxygen atoms in total. The van der Waals surface area contributed by atoms with Gasteiger partial charge in [0.15, 0.2) is 0 Å². The van der Waals surface area contributed by atoms with Crippen LogP contribution in [0.3, 0.4) is 0 Å². The van der Waals surface area contributed by atoms with Gasteiger partial charge in [-0.1, -0.05) is 36.4 Å². The molecule has 3 heteroatoms. The second-order valence-electron chi connectivity index (χ2n) is 7.70. The van der Waals surface area contributed by atoms with Gasteiger partial charge in [0, 0.05) is 17.5 Å². The van der Waals surface area contributed by atoms with Gasteiger partial charge < -0.3 is 10.1 Å². The van der Waals surface area contributed by atoms with E-state index in [-0.39, 0.29) is 5.92 Å². The Balaban J connectivity index is 1.49. The maximum Gasteiger partial charge on any atom is 0.145 e. The van der Waals surface area contributed by atoms with Crippen LogP contribution in [0.2, 0.25) is 0 Å². The van der Waals surface area contributed by atoms with Gasteiger partial charge >= 0.3 is 0 Å². The molecule has 2 atom stereocenters. The molecule has 0 aromatic heterocycles. The summed E-state index contributed by atoms with van der Waals surface area (Å²) in [4.78, 5) is 13.4. The van der Waals surface area contributed by atoms with Crippen LogP contribution in [0.25, 0.3) is 0 Å². The summed E-state index contributed by atoms with van der Waals surface area (Å²) in [6.45, 7) is 2.16. The molecule has 1 aliphatic carbocycles. The predicted molar refractivity (Wildman–Crippen MR) is 97.0 cm³/mol. The Morgan fingerprint density at radius 1 is 0.920 bits per heavy atom. The van der Waals surface area contributed by atoms with E-state index < -0.39 is 0 Å². The maximum absolute atomic E-state index is 13.4. The first-order chi connectivity index (χ1) is 12.3. The molecule has 0 amide bonds. The van der Waals surface area contributed by atoms with Crippen molar-refractivity contribution >= 4 is 5.78 Å². The predicted octanol–water partition coefficient (Wildman–Crippen LogP) is 4.13. The van der Waals surface area contributed by atoms with Crippen molar-refractivity contribution in [1.29, 1.82) is 0 Å². The second-order valence-corrected chi connectivity index (χ2v) is 7.70. The minimum Gasteiger partial charge on any atom is -0.457 e. The number of hydrogen-bond acceptors (Lipinski definition) is 3. The number of piperidine rings is 1. The molecular weight excluding hydrogens is 310 g/mol. The van der Waals surface area contributed by atoms with Crippen LogP contribution in [0.15, 0.2) is 48.5 Å². The highest BCUT2D eigenvalue weighted by Gasteiger charge is 2.42. The smallest absolute Gasteiger partial charge is 0.145 e. The fourth-order valence-corrected chi connectivity index (χ4v) is 5.14. The molecule has 1 N–H and O–H groups in total. The lowest BCUT2D eigenvalue weighted by atomic mass is 9.77. The van der Waals surface area contributed by atoms with Gasteiger partial charge in [-0.05, 0) is 55.8 Å². The summed E-state index contributed by atoms with van der Waals surface area (Å²) in [6.07, 6.45) is 3.25. The van der Waals surface area contributed by atoms with Crippen molar-refractivity contribution in [1.82, 2.24) is 5.32 Å². The van der Waals surface area contributed by atoms with Gasteiger partial charge in [0.1, 0.15) is 17.3 Å². The lowest BCUT2D eigenvalue weighted by Gasteiger charge is -2.33. The Kier molecular flexibility index (Phi) is 3.63. The third-order valence-corrected chi connectivity index (χ3v) is 6.37. The van der Waals surface area contributed by atoms with E-state index in [0.29, 0.717) is 30.0 Å². The first-order valence-electron chi connectivity index (χ1n) is 9.40. The molecule has 2 heterocycles. The molecule has 1 saturated heterocycles. The Morgan fingerprint density at radius 2 is 1.48 bits per heavy atom. The highest BCUT2D eigenvalue weighted by atomic mass is 16.5. The summed E-state index contributed by atoms with van der Waals surface area (Å²) in [6, 6.07) is 16.0. The molecule has 1 saturated carbocycles. The summed E-state index contributed by atoms with van der Waals surface area (Å²) in [7, 11) is 0. The fourth-order valence-electron chi connectivity index (χ4n) is 5.14. The van der Waals surface area contributed by atoms with Crippen LogP contribution in [0.4, 0.5) is 0 Å². The van der Waals surface area contributed by atoms with E-state index in [9.17, 15) is 4.79 Å². The molecule has 0 spiro atoms. The molecule has 5 rings (SSSR count). The number of nitrogens with one attached hydrogen (secondary N) is 1. The molecule has 128 valence electrons. The number of benzene rings is 2. The highest BCUT2D eigenvalue weighted by molar-refractivity contribution is 5.91. The number of ketones is 1. The number of fused-ring (bicyclic) bond motifs is 4. The summed E-state index contributed by atoms with van der Waals surface area (Å²) >= 11 is 0. The first-order valence-corrected chi connectivity index (χ1v) is 9.40. The number of para-hydroxylation sites is 2.